The van der Waals surface area contributed by atoms with E-state index in [9.17, 15) is 4.39 Å². The highest BCUT2D eigenvalue weighted by Crippen LogP contribution is 2.30. The van der Waals surface area contributed by atoms with E-state index < -0.39 is 0 Å². The molecule has 1 aromatic carbocycles. The Kier molecular flexibility index (Phi) is 3.96. The van der Waals surface area contributed by atoms with Crippen molar-refractivity contribution >= 4 is 11.8 Å². The van der Waals surface area contributed by atoms with Crippen molar-refractivity contribution in [3.8, 4) is 0 Å². The maximum Gasteiger partial charge on any atom is 0.123 e. The van der Waals surface area contributed by atoms with Gasteiger partial charge in [0.05, 0.1) is 0 Å². The predicted molar refractivity (Wildman–Crippen MR) is 60.0 cm³/mol. The first kappa shape index (κ1) is 11.5. The van der Waals surface area contributed by atoms with Crippen LogP contribution < -0.4 is 5.73 Å². The van der Waals surface area contributed by atoms with Gasteiger partial charge in [-0.25, -0.2) is 4.39 Å². The molecule has 78 valence electrons. The van der Waals surface area contributed by atoms with Crippen LogP contribution in [0.25, 0.3) is 0 Å². The molecule has 0 saturated carbocycles. The summed E-state index contributed by atoms with van der Waals surface area (Å²) >= 11 is 1.72. The summed E-state index contributed by atoms with van der Waals surface area (Å²) in [6.45, 7) is 6.09. The maximum atomic E-state index is 13.0. The number of benzene rings is 1. The lowest BCUT2D eigenvalue weighted by Crippen LogP contribution is -2.07. The first-order chi connectivity index (χ1) is 6.50. The van der Waals surface area contributed by atoms with E-state index >= 15 is 0 Å². The maximum absolute atomic E-state index is 13.0. The van der Waals surface area contributed by atoms with Gasteiger partial charge in [0.25, 0.3) is 0 Å². The Balaban J connectivity index is 3.02. The Labute approximate surface area is 88.9 Å². The number of rotatable bonds is 3. The molecule has 1 nitrogen and oxygen atoms in total. The van der Waals surface area contributed by atoms with Crippen LogP contribution in [0.1, 0.15) is 32.4 Å². The zero-order valence-corrected chi connectivity index (χ0v) is 9.57. The molecule has 1 atom stereocenters. The molecule has 0 saturated heterocycles. The molecule has 0 aliphatic heterocycles. The third-order valence-corrected chi connectivity index (χ3v) is 2.92. The molecular weight excluding hydrogens is 197 g/mol. The molecular formula is C11H16FNS. The smallest absolute Gasteiger partial charge is 0.123 e. The SMILES string of the molecule is CC(C)Sc1ccc(F)cc1C(C)N. The van der Waals surface area contributed by atoms with Crippen molar-refractivity contribution in [2.45, 2.75) is 37.0 Å². The Bertz CT molecular complexity index is 310. The van der Waals surface area contributed by atoms with Crippen LogP contribution in [0.15, 0.2) is 23.1 Å². The molecule has 3 heteroatoms. The van der Waals surface area contributed by atoms with E-state index in [0.29, 0.717) is 5.25 Å². The van der Waals surface area contributed by atoms with Crippen molar-refractivity contribution < 1.29 is 4.39 Å². The monoisotopic (exact) mass is 213 g/mol. The van der Waals surface area contributed by atoms with Gasteiger partial charge in [-0.2, -0.15) is 0 Å². The zero-order chi connectivity index (χ0) is 10.7. The summed E-state index contributed by atoms with van der Waals surface area (Å²) in [6, 6.07) is 4.69. The minimum absolute atomic E-state index is 0.119. The van der Waals surface area contributed by atoms with E-state index in [1.54, 1.807) is 17.8 Å². The van der Waals surface area contributed by atoms with Gasteiger partial charge in [-0.05, 0) is 30.7 Å². The first-order valence-electron chi connectivity index (χ1n) is 4.72. The van der Waals surface area contributed by atoms with Crippen LogP contribution in [0, 0.1) is 5.82 Å². The molecule has 0 aliphatic carbocycles. The van der Waals surface area contributed by atoms with Crippen LogP contribution in [0.5, 0.6) is 0 Å². The van der Waals surface area contributed by atoms with Crippen LogP contribution in [0.4, 0.5) is 4.39 Å². The summed E-state index contributed by atoms with van der Waals surface area (Å²) in [4.78, 5) is 1.08. The Morgan fingerprint density at radius 2 is 1.93 bits per heavy atom. The topological polar surface area (TPSA) is 26.0 Å². The minimum Gasteiger partial charge on any atom is -0.324 e. The van der Waals surface area contributed by atoms with E-state index in [-0.39, 0.29) is 11.9 Å². The second-order valence-corrected chi connectivity index (χ2v) is 5.26. The Hall–Kier alpha value is -0.540. The summed E-state index contributed by atoms with van der Waals surface area (Å²) in [5, 5.41) is 0.484. The lowest BCUT2D eigenvalue weighted by molar-refractivity contribution is 0.619. The molecule has 0 spiro atoms. The summed E-state index contributed by atoms with van der Waals surface area (Å²) in [6.07, 6.45) is 0. The number of thioether (sulfide) groups is 1. The van der Waals surface area contributed by atoms with Crippen LogP contribution in [-0.2, 0) is 0 Å². The standard InChI is InChI=1S/C11H16FNS/c1-7(2)14-11-5-4-9(12)6-10(11)8(3)13/h4-8H,13H2,1-3H3. The molecule has 0 bridgehead atoms. The molecule has 1 unspecified atom stereocenters. The summed E-state index contributed by atoms with van der Waals surface area (Å²) in [5.74, 6) is -0.217. The van der Waals surface area contributed by atoms with Crippen molar-refractivity contribution in [1.29, 1.82) is 0 Å². The van der Waals surface area contributed by atoms with Crippen LogP contribution in [0.3, 0.4) is 0 Å². The second kappa shape index (κ2) is 4.80. The van der Waals surface area contributed by atoms with E-state index in [4.69, 9.17) is 5.73 Å². The van der Waals surface area contributed by atoms with Crippen molar-refractivity contribution in [2.75, 3.05) is 0 Å². The Morgan fingerprint density at radius 3 is 2.43 bits per heavy atom. The number of halogens is 1. The minimum atomic E-state index is -0.217. The second-order valence-electron chi connectivity index (χ2n) is 3.64. The third kappa shape index (κ3) is 3.00. The van der Waals surface area contributed by atoms with E-state index in [2.05, 4.69) is 13.8 Å². The normalized spacial score (nSPS) is 13.3. The molecule has 0 radical (unpaired) electrons. The van der Waals surface area contributed by atoms with E-state index in [1.807, 2.05) is 6.92 Å². The van der Waals surface area contributed by atoms with Crippen molar-refractivity contribution in [3.63, 3.8) is 0 Å². The highest BCUT2D eigenvalue weighted by atomic mass is 32.2. The highest BCUT2D eigenvalue weighted by Gasteiger charge is 2.09. The molecule has 1 rings (SSSR count). The number of nitrogens with two attached hydrogens (primary N) is 1. The van der Waals surface area contributed by atoms with Gasteiger partial charge in [0.1, 0.15) is 5.82 Å². The molecule has 0 aliphatic rings. The van der Waals surface area contributed by atoms with Gasteiger partial charge in [-0.1, -0.05) is 13.8 Å². The summed E-state index contributed by atoms with van der Waals surface area (Å²) < 4.78 is 13.0. The van der Waals surface area contributed by atoms with Crippen LogP contribution in [0.2, 0.25) is 0 Å². The zero-order valence-electron chi connectivity index (χ0n) is 8.75. The van der Waals surface area contributed by atoms with E-state index in [0.717, 1.165) is 10.5 Å². The summed E-state index contributed by atoms with van der Waals surface area (Å²) in [7, 11) is 0. The van der Waals surface area contributed by atoms with Gasteiger partial charge >= 0.3 is 0 Å². The highest BCUT2D eigenvalue weighted by molar-refractivity contribution is 8.00. The first-order valence-corrected chi connectivity index (χ1v) is 5.60. The molecule has 14 heavy (non-hydrogen) atoms. The van der Waals surface area contributed by atoms with Gasteiger partial charge in [0, 0.05) is 16.2 Å². The van der Waals surface area contributed by atoms with Gasteiger partial charge in [0.15, 0.2) is 0 Å². The van der Waals surface area contributed by atoms with Gasteiger partial charge in [-0.3, -0.25) is 0 Å². The average Bonchev–Trinajstić information content (AvgIpc) is 2.07. The quantitative estimate of drug-likeness (QED) is 0.779. The molecule has 0 aromatic heterocycles. The fraction of sp³-hybridized carbons (Fsp3) is 0.455. The number of hydrogen-bond donors (Lipinski definition) is 1. The van der Waals surface area contributed by atoms with Gasteiger partial charge in [0.2, 0.25) is 0 Å². The molecule has 1 aromatic rings. The van der Waals surface area contributed by atoms with Crippen LogP contribution >= 0.6 is 11.8 Å². The molecule has 0 amide bonds. The van der Waals surface area contributed by atoms with Crippen molar-refractivity contribution in [3.05, 3.63) is 29.6 Å². The largest absolute Gasteiger partial charge is 0.324 e. The Morgan fingerprint density at radius 1 is 1.29 bits per heavy atom. The fourth-order valence-electron chi connectivity index (χ4n) is 1.24. The predicted octanol–water partition coefficient (Wildman–Crippen LogP) is 3.35. The molecule has 0 fully saturated rings. The van der Waals surface area contributed by atoms with Crippen molar-refractivity contribution in [2.24, 2.45) is 5.73 Å². The molecule has 2 N–H and O–H groups in total. The van der Waals surface area contributed by atoms with Gasteiger partial charge < -0.3 is 5.73 Å². The average molecular weight is 213 g/mol. The number of hydrogen-bond acceptors (Lipinski definition) is 2. The van der Waals surface area contributed by atoms with E-state index in [1.165, 1.54) is 12.1 Å². The summed E-state index contributed by atoms with van der Waals surface area (Å²) in [5.41, 5.74) is 6.67. The third-order valence-electron chi connectivity index (χ3n) is 1.83. The lowest BCUT2D eigenvalue weighted by Gasteiger charge is -2.13. The van der Waals surface area contributed by atoms with Crippen molar-refractivity contribution in [1.82, 2.24) is 0 Å². The fourth-order valence-corrected chi connectivity index (χ4v) is 2.27. The van der Waals surface area contributed by atoms with Gasteiger partial charge in [-0.15, -0.1) is 11.8 Å². The van der Waals surface area contributed by atoms with Crippen LogP contribution in [-0.4, -0.2) is 5.25 Å². The lowest BCUT2D eigenvalue weighted by atomic mass is 10.1. The molecule has 0 heterocycles.